The molecular weight excluding hydrogens is 411 g/mol. The third kappa shape index (κ3) is 4.12. The number of hydrogen-bond donors (Lipinski definition) is 0. The van der Waals surface area contributed by atoms with Crippen LogP contribution in [0, 0.1) is 0 Å². The smallest absolute Gasteiger partial charge is 0.0406 e. The largest absolute Gasteiger partial charge is 0.0918 e. The van der Waals surface area contributed by atoms with Gasteiger partial charge in [0.2, 0.25) is 0 Å². The first-order valence-corrected chi connectivity index (χ1v) is 9.71. The number of aryl methyl sites for hydroxylation is 1. The molecule has 0 aliphatic carbocycles. The molecule has 0 bridgehead atoms. The van der Waals surface area contributed by atoms with Gasteiger partial charge in [-0.25, -0.2) is 0 Å². The maximum absolute atomic E-state index is 6.02. The summed E-state index contributed by atoms with van der Waals surface area (Å²) >= 11 is 13.4. The van der Waals surface area contributed by atoms with Crippen molar-refractivity contribution < 1.29 is 0 Å². The van der Waals surface area contributed by atoms with E-state index in [9.17, 15) is 0 Å². The Hall–Kier alpha value is -0.310. The van der Waals surface area contributed by atoms with Crippen LogP contribution in [-0.4, -0.2) is 10.7 Å². The zero-order valence-electron chi connectivity index (χ0n) is 12.1. The van der Waals surface area contributed by atoms with E-state index < -0.39 is 0 Å². The van der Waals surface area contributed by atoms with Crippen LogP contribution in [0.4, 0.5) is 0 Å². The van der Waals surface area contributed by atoms with Crippen LogP contribution >= 0.6 is 43.5 Å². The van der Waals surface area contributed by atoms with Gasteiger partial charge in [-0.3, -0.25) is 0 Å². The second kappa shape index (κ2) is 7.80. The molecule has 0 saturated heterocycles. The molecule has 0 aliphatic rings. The van der Waals surface area contributed by atoms with Gasteiger partial charge < -0.3 is 0 Å². The second-order valence-corrected chi connectivity index (χ2v) is 6.96. The van der Waals surface area contributed by atoms with Crippen molar-refractivity contribution in [1.82, 2.24) is 0 Å². The molecule has 0 saturated carbocycles. The summed E-state index contributed by atoms with van der Waals surface area (Å²) in [4.78, 5) is 0. The molecule has 0 fully saturated rings. The van der Waals surface area contributed by atoms with Crippen LogP contribution in [0.1, 0.15) is 23.6 Å². The van der Waals surface area contributed by atoms with Gasteiger partial charge in [0, 0.05) is 21.1 Å². The lowest BCUT2D eigenvalue weighted by Gasteiger charge is -2.31. The third-order valence-corrected chi connectivity index (χ3v) is 6.34. The molecule has 2 aromatic carbocycles. The van der Waals surface area contributed by atoms with Crippen molar-refractivity contribution >= 4 is 43.5 Å². The van der Waals surface area contributed by atoms with Crippen LogP contribution in [-0.2, 0) is 18.3 Å². The van der Waals surface area contributed by atoms with Crippen molar-refractivity contribution in [2.45, 2.75) is 25.2 Å². The minimum Gasteiger partial charge on any atom is -0.0918 e. The van der Waals surface area contributed by atoms with Gasteiger partial charge in [0.1, 0.15) is 0 Å². The van der Waals surface area contributed by atoms with Gasteiger partial charge in [0.15, 0.2) is 0 Å². The predicted molar refractivity (Wildman–Crippen MR) is 100 cm³/mol. The van der Waals surface area contributed by atoms with Gasteiger partial charge in [-0.05, 0) is 41.7 Å². The summed E-state index contributed by atoms with van der Waals surface area (Å²) in [7, 11) is 0. The van der Waals surface area contributed by atoms with Crippen LogP contribution in [0.5, 0.6) is 0 Å². The maximum Gasteiger partial charge on any atom is 0.0406 e. The molecule has 2 aromatic rings. The molecule has 0 atom stereocenters. The van der Waals surface area contributed by atoms with E-state index in [1.807, 2.05) is 12.1 Å². The predicted octanol–water partition coefficient (Wildman–Crippen LogP) is 6.17. The molecule has 0 N–H and O–H groups in total. The Kier molecular flexibility index (Phi) is 6.34. The highest BCUT2D eigenvalue weighted by molar-refractivity contribution is 9.09. The lowest BCUT2D eigenvalue weighted by molar-refractivity contribution is 0.551. The number of halogens is 3. The fraction of sp³-hybridized carbons (Fsp3) is 0.333. The van der Waals surface area contributed by atoms with E-state index >= 15 is 0 Å². The molecule has 0 aliphatic heterocycles. The van der Waals surface area contributed by atoms with E-state index in [2.05, 4.69) is 75.2 Å². The van der Waals surface area contributed by atoms with Gasteiger partial charge >= 0.3 is 0 Å². The van der Waals surface area contributed by atoms with Crippen molar-refractivity contribution in [2.75, 3.05) is 10.7 Å². The molecule has 0 nitrogen and oxygen atoms in total. The Morgan fingerprint density at radius 1 is 0.857 bits per heavy atom. The Labute approximate surface area is 149 Å². The maximum atomic E-state index is 6.02. The first-order valence-electron chi connectivity index (χ1n) is 7.09. The van der Waals surface area contributed by atoms with E-state index in [0.717, 1.165) is 28.5 Å². The second-order valence-electron chi connectivity index (χ2n) is 5.40. The summed E-state index contributed by atoms with van der Waals surface area (Å²) in [6, 6.07) is 17.1. The van der Waals surface area contributed by atoms with Crippen LogP contribution in [0.25, 0.3) is 0 Å². The van der Waals surface area contributed by atoms with Crippen molar-refractivity contribution in [1.29, 1.82) is 0 Å². The molecule has 112 valence electrons. The molecule has 0 aromatic heterocycles. The van der Waals surface area contributed by atoms with Crippen LogP contribution in [0.3, 0.4) is 0 Å². The molecule has 0 heterocycles. The van der Waals surface area contributed by atoms with Crippen molar-refractivity contribution in [2.24, 2.45) is 0 Å². The molecule has 0 unspecified atom stereocenters. The molecule has 0 radical (unpaired) electrons. The van der Waals surface area contributed by atoms with Crippen LogP contribution in [0.2, 0.25) is 5.02 Å². The minimum atomic E-state index is 0.0400. The van der Waals surface area contributed by atoms with Crippen LogP contribution in [0.15, 0.2) is 48.5 Å². The Morgan fingerprint density at radius 2 is 1.38 bits per heavy atom. The van der Waals surface area contributed by atoms with Gasteiger partial charge in [0.05, 0.1) is 0 Å². The van der Waals surface area contributed by atoms with Gasteiger partial charge in [0.25, 0.3) is 0 Å². The summed E-state index contributed by atoms with van der Waals surface area (Å²) in [6.45, 7) is 2.18. The summed E-state index contributed by atoms with van der Waals surface area (Å²) in [5.41, 5.74) is 4.09. The van der Waals surface area contributed by atoms with Gasteiger partial charge in [-0.2, -0.15) is 0 Å². The molecular formula is C18H19Br2Cl. The van der Waals surface area contributed by atoms with Crippen molar-refractivity contribution in [3.8, 4) is 0 Å². The minimum absolute atomic E-state index is 0.0400. The molecule has 21 heavy (non-hydrogen) atoms. The van der Waals surface area contributed by atoms with Crippen molar-refractivity contribution in [3.63, 3.8) is 0 Å². The SMILES string of the molecule is CCc1ccc(CC(CBr)(CBr)c2ccc(Cl)cc2)cc1. The highest BCUT2D eigenvalue weighted by atomic mass is 79.9. The number of hydrogen-bond acceptors (Lipinski definition) is 0. The summed E-state index contributed by atoms with van der Waals surface area (Å²) in [6.07, 6.45) is 2.08. The summed E-state index contributed by atoms with van der Waals surface area (Å²) in [5, 5.41) is 2.59. The molecule has 2 rings (SSSR count). The lowest BCUT2D eigenvalue weighted by Crippen LogP contribution is -2.32. The van der Waals surface area contributed by atoms with E-state index in [0.29, 0.717) is 0 Å². The fourth-order valence-electron chi connectivity index (χ4n) is 2.47. The van der Waals surface area contributed by atoms with Crippen molar-refractivity contribution in [3.05, 3.63) is 70.2 Å². The highest BCUT2D eigenvalue weighted by Gasteiger charge is 2.30. The molecule has 3 heteroatoms. The normalized spacial score (nSPS) is 11.6. The number of rotatable bonds is 6. The zero-order chi connectivity index (χ0) is 15.3. The zero-order valence-corrected chi connectivity index (χ0v) is 16.0. The number of benzene rings is 2. The lowest BCUT2D eigenvalue weighted by atomic mass is 9.79. The van der Waals surface area contributed by atoms with Gasteiger partial charge in [-0.15, -0.1) is 0 Å². The third-order valence-electron chi connectivity index (χ3n) is 3.94. The monoisotopic (exact) mass is 428 g/mol. The number of alkyl halides is 2. The quantitative estimate of drug-likeness (QED) is 0.481. The Bertz CT molecular complexity index is 557. The average molecular weight is 431 g/mol. The Balaban J connectivity index is 2.30. The first-order chi connectivity index (χ1) is 10.1. The Morgan fingerprint density at radius 3 is 1.86 bits per heavy atom. The van der Waals surface area contributed by atoms with E-state index in [1.165, 1.54) is 16.7 Å². The molecule has 0 spiro atoms. The first kappa shape index (κ1) is 17.1. The van der Waals surface area contributed by atoms with Gasteiger partial charge in [-0.1, -0.05) is 86.8 Å². The summed E-state index contributed by atoms with van der Waals surface area (Å²) in [5.74, 6) is 0. The van der Waals surface area contributed by atoms with E-state index in [4.69, 9.17) is 11.6 Å². The van der Waals surface area contributed by atoms with E-state index in [-0.39, 0.29) is 5.41 Å². The summed E-state index contributed by atoms with van der Waals surface area (Å²) < 4.78 is 0. The molecule has 0 amide bonds. The average Bonchev–Trinajstić information content (AvgIpc) is 2.54. The van der Waals surface area contributed by atoms with E-state index in [1.54, 1.807) is 0 Å². The standard InChI is InChI=1S/C18H19Br2Cl/c1-2-14-3-5-15(6-4-14)11-18(12-19,13-20)16-7-9-17(21)10-8-16/h3-10H,2,11-13H2,1H3. The van der Waals surface area contributed by atoms with Crippen LogP contribution < -0.4 is 0 Å². The fourth-order valence-corrected chi connectivity index (χ4v) is 4.57. The topological polar surface area (TPSA) is 0 Å². The highest BCUT2D eigenvalue weighted by Crippen LogP contribution is 2.33.